The number of benzene rings is 5. The van der Waals surface area contributed by atoms with E-state index in [1.807, 2.05) is 6.07 Å². The van der Waals surface area contributed by atoms with Crippen molar-refractivity contribution in [1.82, 2.24) is 0 Å². The Hall–Kier alpha value is -4.06. The lowest BCUT2D eigenvalue weighted by Crippen LogP contribution is -3.00. The van der Waals surface area contributed by atoms with Gasteiger partial charge in [0.15, 0.2) is 11.6 Å². The van der Waals surface area contributed by atoms with E-state index in [1.165, 1.54) is 10.6 Å². The van der Waals surface area contributed by atoms with Crippen molar-refractivity contribution in [2.75, 3.05) is 33.9 Å². The SMILES string of the molecule is CCO[Si](OCC)(OCC)c1c(F)c(F)c([B-](c2ccccc2)(c2ccccc2)c2ccccc2)c(F)c1F.C[NH+](C)c1ccccc1. The standard InChI is InChI=1S/C30H30BF4O3Si.C8H11N/c1-4-36-39(37-5-2,38-6-3)30-28(34)26(32)25(27(33)29(30)35)31(22-16-10-7-11-17-22,23-18-12-8-13-19-23)24-20-14-9-15-21-24;1-9(2)8-6-4-3-5-7-8/h7-21H,4-6H2,1-3H3;3-7H,1-2H3/q-1;/p+1. The molecule has 0 aromatic heterocycles. The number of halogens is 4. The van der Waals surface area contributed by atoms with Gasteiger partial charge in [-0.05, 0) is 32.9 Å². The molecule has 0 unspecified atom stereocenters. The predicted molar refractivity (Wildman–Crippen MR) is 189 cm³/mol. The van der Waals surface area contributed by atoms with Crippen LogP contribution in [0.5, 0.6) is 0 Å². The zero-order chi connectivity index (χ0) is 34.7. The number of rotatable bonds is 12. The second-order valence-electron chi connectivity index (χ2n) is 11.4. The van der Waals surface area contributed by atoms with Crippen LogP contribution in [-0.4, -0.2) is 48.9 Å². The van der Waals surface area contributed by atoms with Crippen LogP contribution in [0.15, 0.2) is 121 Å². The minimum Gasteiger partial charge on any atom is -0.370 e. The van der Waals surface area contributed by atoms with Crippen LogP contribution in [0.3, 0.4) is 0 Å². The first-order chi connectivity index (χ1) is 23.2. The molecule has 0 aliphatic carbocycles. The summed E-state index contributed by atoms with van der Waals surface area (Å²) in [4.78, 5) is 1.37. The van der Waals surface area contributed by atoms with Crippen molar-refractivity contribution in [1.29, 1.82) is 0 Å². The fraction of sp³-hybridized carbons (Fsp3) is 0.211. The van der Waals surface area contributed by atoms with Crippen molar-refractivity contribution in [3.05, 3.63) is 145 Å². The monoisotopic (exact) mass is 675 g/mol. The molecule has 0 radical (unpaired) electrons. The van der Waals surface area contributed by atoms with Crippen LogP contribution in [0, 0.1) is 23.3 Å². The molecule has 5 aromatic rings. The molecule has 5 rings (SSSR count). The zero-order valence-corrected chi connectivity index (χ0v) is 29.0. The number of quaternary nitrogens is 1. The van der Waals surface area contributed by atoms with Crippen LogP contribution >= 0.6 is 0 Å². The molecule has 0 spiro atoms. The third-order valence-electron chi connectivity index (χ3n) is 8.29. The summed E-state index contributed by atoms with van der Waals surface area (Å²) in [6.45, 7) is 4.65. The quantitative estimate of drug-likeness (QED) is 0.122. The van der Waals surface area contributed by atoms with E-state index in [0.717, 1.165) is 0 Å². The summed E-state index contributed by atoms with van der Waals surface area (Å²) in [5.74, 6) is -6.20. The average molecular weight is 676 g/mol. The molecule has 0 saturated carbocycles. The van der Waals surface area contributed by atoms with Crippen molar-refractivity contribution >= 4 is 47.7 Å². The van der Waals surface area contributed by atoms with Crippen molar-refractivity contribution in [2.24, 2.45) is 0 Å². The molecular weight excluding hydrogens is 633 g/mol. The van der Waals surface area contributed by atoms with E-state index in [1.54, 1.807) is 112 Å². The molecule has 0 aliphatic rings. The van der Waals surface area contributed by atoms with Crippen LogP contribution in [0.25, 0.3) is 0 Å². The van der Waals surface area contributed by atoms with Gasteiger partial charge >= 0.3 is 8.80 Å². The Kier molecular flexibility index (Phi) is 12.9. The van der Waals surface area contributed by atoms with Gasteiger partial charge in [0.2, 0.25) is 0 Å². The molecule has 4 nitrogen and oxygen atoms in total. The third-order valence-corrected chi connectivity index (χ3v) is 11.3. The van der Waals surface area contributed by atoms with Gasteiger partial charge in [-0.2, -0.15) is 16.4 Å². The Morgan fingerprint density at radius 1 is 0.500 bits per heavy atom. The maximum Gasteiger partial charge on any atom is 0.543 e. The largest absolute Gasteiger partial charge is 0.543 e. The lowest BCUT2D eigenvalue weighted by Gasteiger charge is -2.44. The van der Waals surface area contributed by atoms with Gasteiger partial charge in [0.1, 0.15) is 23.5 Å². The van der Waals surface area contributed by atoms with Crippen LogP contribution in [-0.2, 0) is 13.3 Å². The molecule has 48 heavy (non-hydrogen) atoms. The van der Waals surface area contributed by atoms with Gasteiger partial charge in [-0.1, -0.05) is 109 Å². The lowest BCUT2D eigenvalue weighted by atomic mass is 9.13. The second kappa shape index (κ2) is 16.9. The molecule has 0 atom stereocenters. The summed E-state index contributed by atoms with van der Waals surface area (Å²) in [6, 6.07) is 36.3. The zero-order valence-electron chi connectivity index (χ0n) is 28.0. The molecule has 5 aromatic carbocycles. The van der Waals surface area contributed by atoms with E-state index in [0.29, 0.717) is 16.4 Å². The van der Waals surface area contributed by atoms with Gasteiger partial charge in [-0.15, -0.1) is 5.46 Å². The van der Waals surface area contributed by atoms with Crippen molar-refractivity contribution in [2.45, 2.75) is 20.8 Å². The van der Waals surface area contributed by atoms with Gasteiger partial charge in [0, 0.05) is 19.8 Å². The molecule has 10 heteroatoms. The Balaban J connectivity index is 0.000000500. The first-order valence-corrected chi connectivity index (χ1v) is 17.9. The van der Waals surface area contributed by atoms with Gasteiger partial charge < -0.3 is 18.2 Å². The average Bonchev–Trinajstić information content (AvgIpc) is 3.11. The van der Waals surface area contributed by atoms with E-state index < -0.39 is 48.9 Å². The number of hydrogen-bond acceptors (Lipinski definition) is 3. The molecular formula is C38H42BF4NO3Si. The number of para-hydroxylation sites is 1. The smallest absolute Gasteiger partial charge is 0.370 e. The van der Waals surface area contributed by atoms with Gasteiger partial charge in [-0.25, -0.2) is 17.6 Å². The molecule has 0 fully saturated rings. The summed E-state index contributed by atoms with van der Waals surface area (Å²) >= 11 is 0. The lowest BCUT2D eigenvalue weighted by molar-refractivity contribution is -0.786. The van der Waals surface area contributed by atoms with E-state index in [4.69, 9.17) is 13.3 Å². The molecule has 252 valence electrons. The number of hydrogen-bond donors (Lipinski definition) is 1. The summed E-state index contributed by atoms with van der Waals surface area (Å²) in [6.07, 6.45) is -2.73. The summed E-state index contributed by atoms with van der Waals surface area (Å²) < 4.78 is 82.6. The first-order valence-electron chi connectivity index (χ1n) is 16.2. The van der Waals surface area contributed by atoms with E-state index in [9.17, 15) is 0 Å². The van der Waals surface area contributed by atoms with Crippen LogP contribution in [0.1, 0.15) is 20.8 Å². The Bertz CT molecular complexity index is 1590. The fourth-order valence-corrected chi connectivity index (χ4v) is 8.86. The topological polar surface area (TPSA) is 32.1 Å². The van der Waals surface area contributed by atoms with E-state index >= 15 is 17.6 Å². The maximum atomic E-state index is 16.6. The fourth-order valence-electron chi connectivity index (χ4n) is 6.28. The summed E-state index contributed by atoms with van der Waals surface area (Å²) in [5, 5.41) is -0.967. The highest BCUT2D eigenvalue weighted by Crippen LogP contribution is 2.22. The minimum absolute atomic E-state index is 0.0397. The molecule has 0 bridgehead atoms. The van der Waals surface area contributed by atoms with Gasteiger partial charge in [-0.3, -0.25) is 0 Å². The Morgan fingerprint density at radius 2 is 0.812 bits per heavy atom. The minimum atomic E-state index is -4.37. The molecule has 0 saturated heterocycles. The van der Waals surface area contributed by atoms with Crippen LogP contribution < -0.4 is 31.9 Å². The predicted octanol–water partition coefficient (Wildman–Crippen LogP) is 4.34. The molecule has 0 amide bonds. The normalized spacial score (nSPS) is 11.7. The second-order valence-corrected chi connectivity index (χ2v) is 13.8. The highest BCUT2D eigenvalue weighted by Gasteiger charge is 2.51. The van der Waals surface area contributed by atoms with Gasteiger partial charge in [0.25, 0.3) is 0 Å². The Labute approximate surface area is 282 Å². The van der Waals surface area contributed by atoms with Crippen molar-refractivity contribution < 1.29 is 35.7 Å². The Morgan fingerprint density at radius 3 is 1.08 bits per heavy atom. The first kappa shape index (κ1) is 36.8. The summed E-state index contributed by atoms with van der Waals surface area (Å²) in [7, 11) is -0.126. The molecule has 0 aliphatic heterocycles. The number of nitrogens with one attached hydrogen (secondary N) is 1. The maximum absolute atomic E-state index is 16.6. The highest BCUT2D eigenvalue weighted by atomic mass is 28.4. The van der Waals surface area contributed by atoms with Crippen molar-refractivity contribution in [3.8, 4) is 0 Å². The highest BCUT2D eigenvalue weighted by molar-refractivity contribution is 7.20. The van der Waals surface area contributed by atoms with E-state index in [-0.39, 0.29) is 19.8 Å². The molecule has 0 heterocycles. The summed E-state index contributed by atoms with van der Waals surface area (Å²) in [5.41, 5.74) is 2.08. The third kappa shape index (κ3) is 7.33. The van der Waals surface area contributed by atoms with Gasteiger partial charge in [0.05, 0.1) is 19.3 Å². The van der Waals surface area contributed by atoms with E-state index in [2.05, 4.69) is 38.4 Å². The molecule has 1 N–H and O–H groups in total. The van der Waals surface area contributed by atoms with Crippen LogP contribution in [0.2, 0.25) is 0 Å². The van der Waals surface area contributed by atoms with Crippen molar-refractivity contribution in [3.63, 3.8) is 0 Å². The van der Waals surface area contributed by atoms with Crippen LogP contribution in [0.4, 0.5) is 23.2 Å².